The van der Waals surface area contributed by atoms with Crippen molar-refractivity contribution in [3.05, 3.63) is 47.6 Å². The Morgan fingerprint density at radius 2 is 2.05 bits per heavy atom. The van der Waals surface area contributed by atoms with Crippen LogP contribution in [0.15, 0.2) is 34.9 Å². The molecule has 0 saturated heterocycles. The van der Waals surface area contributed by atoms with Gasteiger partial charge in [0.1, 0.15) is 0 Å². The van der Waals surface area contributed by atoms with Gasteiger partial charge in [0, 0.05) is 18.4 Å². The zero-order valence-corrected chi connectivity index (χ0v) is 12.3. The van der Waals surface area contributed by atoms with E-state index in [0.29, 0.717) is 24.7 Å². The number of nitrogens with zero attached hydrogens (tertiary/aromatic N) is 2. The fourth-order valence-corrected chi connectivity index (χ4v) is 2.03. The van der Waals surface area contributed by atoms with E-state index in [0.717, 1.165) is 5.56 Å². The van der Waals surface area contributed by atoms with Gasteiger partial charge in [-0.05, 0) is 19.4 Å². The van der Waals surface area contributed by atoms with Crippen LogP contribution in [0, 0.1) is 0 Å². The second-order valence-electron chi connectivity index (χ2n) is 5.65. The number of hydrogen-bond donors (Lipinski definition) is 2. The molecule has 1 aromatic heterocycles. The van der Waals surface area contributed by atoms with Gasteiger partial charge in [-0.2, -0.15) is 4.98 Å². The molecule has 0 bridgehead atoms. The number of benzene rings is 1. The molecule has 0 radical (unpaired) electrons. The zero-order chi connectivity index (χ0) is 15.3. The molecule has 2 rings (SSSR count). The molecule has 0 fully saturated rings. The van der Waals surface area contributed by atoms with Crippen LogP contribution in [-0.4, -0.2) is 21.6 Å². The van der Waals surface area contributed by atoms with Gasteiger partial charge in [0.05, 0.1) is 6.54 Å². The second kappa shape index (κ2) is 6.49. The highest BCUT2D eigenvalue weighted by molar-refractivity contribution is 5.74. The smallest absolute Gasteiger partial charge is 0.240 e. The molecule has 1 amide bonds. The minimum absolute atomic E-state index is 0.248. The summed E-state index contributed by atoms with van der Waals surface area (Å²) in [5, 5.41) is 7.14. The van der Waals surface area contributed by atoms with Crippen LogP contribution in [0.1, 0.15) is 37.5 Å². The topological polar surface area (TPSA) is 94.0 Å². The number of primary amides is 1. The summed E-state index contributed by atoms with van der Waals surface area (Å²) >= 11 is 0. The van der Waals surface area contributed by atoms with E-state index in [1.54, 1.807) is 0 Å². The van der Waals surface area contributed by atoms with Crippen molar-refractivity contribution >= 4 is 5.91 Å². The van der Waals surface area contributed by atoms with Gasteiger partial charge in [0.2, 0.25) is 11.8 Å². The van der Waals surface area contributed by atoms with Crippen LogP contribution in [0.3, 0.4) is 0 Å². The van der Waals surface area contributed by atoms with Gasteiger partial charge < -0.3 is 15.6 Å². The molecule has 0 spiro atoms. The molecule has 6 nitrogen and oxygen atoms in total. The Labute approximate surface area is 123 Å². The van der Waals surface area contributed by atoms with E-state index in [2.05, 4.69) is 15.5 Å². The molecule has 6 heteroatoms. The lowest BCUT2D eigenvalue weighted by atomic mass is 10.0. The monoisotopic (exact) mass is 288 g/mol. The highest BCUT2D eigenvalue weighted by Gasteiger charge is 2.20. The number of amides is 1. The van der Waals surface area contributed by atoms with Crippen molar-refractivity contribution in [1.29, 1.82) is 0 Å². The maximum Gasteiger partial charge on any atom is 0.240 e. The Bertz CT molecular complexity index is 593. The summed E-state index contributed by atoms with van der Waals surface area (Å²) < 4.78 is 5.20. The highest BCUT2D eigenvalue weighted by atomic mass is 16.5. The van der Waals surface area contributed by atoms with Crippen LogP contribution in [0.25, 0.3) is 0 Å². The second-order valence-corrected chi connectivity index (χ2v) is 5.65. The van der Waals surface area contributed by atoms with E-state index in [4.69, 9.17) is 10.3 Å². The average molecular weight is 288 g/mol. The van der Waals surface area contributed by atoms with Crippen molar-refractivity contribution in [3.63, 3.8) is 0 Å². The molecule has 0 aliphatic heterocycles. The number of nitrogens with one attached hydrogen (secondary N) is 1. The third-order valence-corrected chi connectivity index (χ3v) is 3.05. The number of carbonyl (C=O) groups excluding carboxylic acids is 1. The van der Waals surface area contributed by atoms with Crippen LogP contribution in [0.4, 0.5) is 0 Å². The number of nitrogens with two attached hydrogens (primary N) is 1. The van der Waals surface area contributed by atoms with Crippen LogP contribution in [0.2, 0.25) is 0 Å². The standard InChI is InChI=1S/C15H20N4O2/c1-15(2,9-12(16)20)17-10-14-18-13(19-21-14)8-11-6-4-3-5-7-11/h3-7,17H,8-10H2,1-2H3,(H2,16,20). The van der Waals surface area contributed by atoms with Crippen molar-refractivity contribution < 1.29 is 9.32 Å². The van der Waals surface area contributed by atoms with E-state index >= 15 is 0 Å². The normalized spacial score (nSPS) is 11.5. The lowest BCUT2D eigenvalue weighted by molar-refractivity contribution is -0.119. The van der Waals surface area contributed by atoms with Gasteiger partial charge in [-0.3, -0.25) is 4.79 Å². The van der Waals surface area contributed by atoms with E-state index in [1.807, 2.05) is 44.2 Å². The first-order valence-corrected chi connectivity index (χ1v) is 6.83. The zero-order valence-electron chi connectivity index (χ0n) is 12.3. The molecule has 3 N–H and O–H groups in total. The molecule has 1 heterocycles. The lowest BCUT2D eigenvalue weighted by Crippen LogP contribution is -2.42. The van der Waals surface area contributed by atoms with Gasteiger partial charge in [-0.25, -0.2) is 0 Å². The predicted octanol–water partition coefficient (Wildman–Crippen LogP) is 1.40. The molecule has 0 atom stereocenters. The van der Waals surface area contributed by atoms with Crippen molar-refractivity contribution in [1.82, 2.24) is 15.5 Å². The fourth-order valence-electron chi connectivity index (χ4n) is 2.03. The molecule has 0 aliphatic carbocycles. The van der Waals surface area contributed by atoms with Gasteiger partial charge in [0.25, 0.3) is 0 Å². The van der Waals surface area contributed by atoms with E-state index in [9.17, 15) is 4.79 Å². The first-order valence-electron chi connectivity index (χ1n) is 6.83. The molecular weight excluding hydrogens is 268 g/mol. The summed E-state index contributed by atoms with van der Waals surface area (Å²) in [5.41, 5.74) is 5.94. The van der Waals surface area contributed by atoms with E-state index in [1.165, 1.54) is 0 Å². The SMILES string of the molecule is CC(C)(CC(N)=O)NCc1nc(Cc2ccccc2)no1. The molecule has 0 saturated carbocycles. The van der Waals surface area contributed by atoms with Crippen molar-refractivity contribution in [2.75, 3.05) is 0 Å². The number of carbonyl (C=O) groups is 1. The first kappa shape index (κ1) is 15.2. The molecule has 112 valence electrons. The van der Waals surface area contributed by atoms with Gasteiger partial charge in [0.15, 0.2) is 5.82 Å². The summed E-state index contributed by atoms with van der Waals surface area (Å²) in [6.07, 6.45) is 0.882. The number of rotatable bonds is 7. The van der Waals surface area contributed by atoms with Crippen LogP contribution < -0.4 is 11.1 Å². The first-order chi connectivity index (χ1) is 9.94. The molecular formula is C15H20N4O2. The molecule has 2 aromatic rings. The summed E-state index contributed by atoms with van der Waals surface area (Å²) in [4.78, 5) is 15.3. The maximum atomic E-state index is 11.0. The third-order valence-electron chi connectivity index (χ3n) is 3.05. The predicted molar refractivity (Wildman–Crippen MR) is 78.3 cm³/mol. The molecule has 21 heavy (non-hydrogen) atoms. The van der Waals surface area contributed by atoms with Crippen LogP contribution in [-0.2, 0) is 17.8 Å². The number of hydrogen-bond acceptors (Lipinski definition) is 5. The fraction of sp³-hybridized carbons (Fsp3) is 0.400. The average Bonchev–Trinajstić information content (AvgIpc) is 2.84. The summed E-state index contributed by atoms with van der Waals surface area (Å²) in [6.45, 7) is 4.21. The third kappa shape index (κ3) is 5.00. The lowest BCUT2D eigenvalue weighted by Gasteiger charge is -2.23. The minimum atomic E-state index is -0.403. The van der Waals surface area contributed by atoms with Gasteiger partial charge in [-0.15, -0.1) is 0 Å². The van der Waals surface area contributed by atoms with E-state index in [-0.39, 0.29) is 12.3 Å². The Hall–Kier alpha value is -2.21. The van der Waals surface area contributed by atoms with Crippen LogP contribution >= 0.6 is 0 Å². The largest absolute Gasteiger partial charge is 0.370 e. The molecule has 0 aliphatic rings. The Morgan fingerprint density at radius 1 is 1.33 bits per heavy atom. The minimum Gasteiger partial charge on any atom is -0.370 e. The quantitative estimate of drug-likeness (QED) is 0.803. The summed E-state index contributed by atoms with van der Waals surface area (Å²) in [7, 11) is 0. The number of aromatic nitrogens is 2. The van der Waals surface area contributed by atoms with Crippen molar-refractivity contribution in [3.8, 4) is 0 Å². The Balaban J connectivity index is 1.90. The van der Waals surface area contributed by atoms with Crippen molar-refractivity contribution in [2.45, 2.75) is 38.8 Å². The Kier molecular flexibility index (Phi) is 4.70. The maximum absolute atomic E-state index is 11.0. The van der Waals surface area contributed by atoms with Gasteiger partial charge >= 0.3 is 0 Å². The highest BCUT2D eigenvalue weighted by Crippen LogP contribution is 2.10. The van der Waals surface area contributed by atoms with Crippen LogP contribution in [0.5, 0.6) is 0 Å². The van der Waals surface area contributed by atoms with Crippen molar-refractivity contribution in [2.24, 2.45) is 5.73 Å². The molecule has 1 aromatic carbocycles. The van der Waals surface area contributed by atoms with E-state index < -0.39 is 5.54 Å². The Morgan fingerprint density at radius 3 is 2.71 bits per heavy atom. The summed E-state index contributed by atoms with van der Waals surface area (Å²) in [6, 6.07) is 9.96. The van der Waals surface area contributed by atoms with Gasteiger partial charge in [-0.1, -0.05) is 35.5 Å². The summed E-state index contributed by atoms with van der Waals surface area (Å²) in [5.74, 6) is 0.798. The molecule has 0 unspecified atom stereocenters.